The fourth-order valence-electron chi connectivity index (χ4n) is 2.16. The first kappa shape index (κ1) is 11.6. The third-order valence-corrected chi connectivity index (χ3v) is 3.33. The maximum atomic E-state index is 6.07. The summed E-state index contributed by atoms with van der Waals surface area (Å²) in [5, 5.41) is 3.37. The molecule has 1 N–H and O–H groups in total. The van der Waals surface area contributed by atoms with Gasteiger partial charge in [0.25, 0.3) is 0 Å². The summed E-state index contributed by atoms with van der Waals surface area (Å²) >= 11 is 0. The second kappa shape index (κ2) is 4.98. The topological polar surface area (TPSA) is 21.3 Å². The minimum absolute atomic E-state index is 0.0645. The van der Waals surface area contributed by atoms with Gasteiger partial charge in [0.05, 0.1) is 12.2 Å². The summed E-state index contributed by atoms with van der Waals surface area (Å²) in [4.78, 5) is 0. The molecule has 1 saturated heterocycles. The van der Waals surface area contributed by atoms with Crippen LogP contribution in [-0.2, 0) is 11.3 Å². The molecule has 0 bridgehead atoms. The Labute approximate surface area is 98.0 Å². The van der Waals surface area contributed by atoms with Crippen molar-refractivity contribution in [2.24, 2.45) is 0 Å². The lowest BCUT2D eigenvalue weighted by molar-refractivity contribution is -0.0621. The Hall–Kier alpha value is -0.860. The predicted molar refractivity (Wildman–Crippen MR) is 66.5 cm³/mol. The molecule has 2 rings (SSSR count). The summed E-state index contributed by atoms with van der Waals surface area (Å²) in [6.45, 7) is 7.23. The molecule has 16 heavy (non-hydrogen) atoms. The number of ether oxygens (including phenoxy) is 1. The zero-order valence-corrected chi connectivity index (χ0v) is 10.3. The van der Waals surface area contributed by atoms with Gasteiger partial charge in [0, 0.05) is 0 Å². The molecule has 1 heterocycles. The number of aryl methyl sites for hydroxylation is 1. The van der Waals surface area contributed by atoms with E-state index in [1.165, 1.54) is 11.1 Å². The standard InChI is InChI=1S/C14H21NO/c1-12-4-3-5-13(10-12)11-16-14(2)6-8-15-9-7-14/h3-5,10,15H,6-9,11H2,1-2H3. The smallest absolute Gasteiger partial charge is 0.0724 e. The Morgan fingerprint density at radius 3 is 2.75 bits per heavy atom. The van der Waals surface area contributed by atoms with E-state index >= 15 is 0 Å². The highest BCUT2D eigenvalue weighted by Gasteiger charge is 2.27. The Bertz CT molecular complexity index is 342. The number of hydrogen-bond donors (Lipinski definition) is 1. The van der Waals surface area contributed by atoms with Gasteiger partial charge in [-0.3, -0.25) is 0 Å². The van der Waals surface area contributed by atoms with E-state index in [4.69, 9.17) is 4.74 Å². The number of hydrogen-bond acceptors (Lipinski definition) is 2. The molecule has 0 unspecified atom stereocenters. The van der Waals surface area contributed by atoms with Gasteiger partial charge in [-0.1, -0.05) is 29.8 Å². The van der Waals surface area contributed by atoms with Crippen molar-refractivity contribution < 1.29 is 4.74 Å². The quantitative estimate of drug-likeness (QED) is 0.844. The molecule has 1 fully saturated rings. The third-order valence-electron chi connectivity index (χ3n) is 3.33. The highest BCUT2D eigenvalue weighted by molar-refractivity contribution is 5.21. The Kier molecular flexibility index (Phi) is 3.62. The highest BCUT2D eigenvalue weighted by atomic mass is 16.5. The average molecular weight is 219 g/mol. The van der Waals surface area contributed by atoms with Crippen LogP contribution in [-0.4, -0.2) is 18.7 Å². The normalized spacial score (nSPS) is 19.6. The lowest BCUT2D eigenvalue weighted by Crippen LogP contribution is -2.41. The van der Waals surface area contributed by atoms with Gasteiger partial charge in [0.1, 0.15) is 0 Å². The molecule has 1 aromatic rings. The minimum atomic E-state index is 0.0645. The number of nitrogens with one attached hydrogen (secondary N) is 1. The molecule has 88 valence electrons. The first-order valence-electron chi connectivity index (χ1n) is 6.08. The average Bonchev–Trinajstić information content (AvgIpc) is 2.28. The summed E-state index contributed by atoms with van der Waals surface area (Å²) in [5.74, 6) is 0. The van der Waals surface area contributed by atoms with E-state index in [9.17, 15) is 0 Å². The lowest BCUT2D eigenvalue weighted by Gasteiger charge is -2.34. The van der Waals surface area contributed by atoms with Crippen molar-refractivity contribution in [1.82, 2.24) is 5.32 Å². The highest BCUT2D eigenvalue weighted by Crippen LogP contribution is 2.23. The van der Waals surface area contributed by atoms with Crippen LogP contribution in [0.1, 0.15) is 30.9 Å². The van der Waals surface area contributed by atoms with Crippen molar-refractivity contribution in [1.29, 1.82) is 0 Å². The van der Waals surface area contributed by atoms with Gasteiger partial charge in [-0.2, -0.15) is 0 Å². The van der Waals surface area contributed by atoms with Gasteiger partial charge in [-0.15, -0.1) is 0 Å². The van der Waals surface area contributed by atoms with Crippen molar-refractivity contribution in [2.45, 2.75) is 38.9 Å². The molecule has 2 nitrogen and oxygen atoms in total. The molecule has 1 aliphatic rings. The van der Waals surface area contributed by atoms with Crippen LogP contribution < -0.4 is 5.32 Å². The van der Waals surface area contributed by atoms with E-state index in [2.05, 4.69) is 43.4 Å². The van der Waals surface area contributed by atoms with Crippen LogP contribution >= 0.6 is 0 Å². The molecule has 0 saturated carbocycles. The SMILES string of the molecule is Cc1cccc(COC2(C)CCNCC2)c1. The first-order chi connectivity index (χ1) is 7.68. The monoisotopic (exact) mass is 219 g/mol. The molecule has 1 aromatic carbocycles. The van der Waals surface area contributed by atoms with Gasteiger partial charge < -0.3 is 10.1 Å². The second-order valence-corrected chi connectivity index (χ2v) is 4.98. The van der Waals surface area contributed by atoms with Gasteiger partial charge in [-0.25, -0.2) is 0 Å². The zero-order valence-electron chi connectivity index (χ0n) is 10.3. The van der Waals surface area contributed by atoms with Crippen molar-refractivity contribution in [3.63, 3.8) is 0 Å². The summed E-state index contributed by atoms with van der Waals surface area (Å²) in [6.07, 6.45) is 2.22. The summed E-state index contributed by atoms with van der Waals surface area (Å²) < 4.78 is 6.07. The van der Waals surface area contributed by atoms with E-state index in [-0.39, 0.29) is 5.60 Å². The van der Waals surface area contributed by atoms with E-state index in [1.807, 2.05) is 0 Å². The molecule has 0 spiro atoms. The van der Waals surface area contributed by atoms with Crippen LogP contribution in [0.4, 0.5) is 0 Å². The zero-order chi connectivity index (χ0) is 11.4. The van der Waals surface area contributed by atoms with Crippen molar-refractivity contribution in [3.8, 4) is 0 Å². The van der Waals surface area contributed by atoms with E-state index < -0.39 is 0 Å². The van der Waals surface area contributed by atoms with Crippen molar-refractivity contribution in [2.75, 3.05) is 13.1 Å². The molecule has 0 amide bonds. The first-order valence-corrected chi connectivity index (χ1v) is 6.08. The fourth-order valence-corrected chi connectivity index (χ4v) is 2.16. The Morgan fingerprint density at radius 1 is 1.31 bits per heavy atom. The molecule has 1 aliphatic heterocycles. The maximum absolute atomic E-state index is 6.07. The van der Waals surface area contributed by atoms with Crippen LogP contribution in [0, 0.1) is 6.92 Å². The third kappa shape index (κ3) is 3.06. The minimum Gasteiger partial charge on any atom is -0.371 e. The van der Waals surface area contributed by atoms with Gasteiger partial charge in [-0.05, 0) is 45.3 Å². The largest absolute Gasteiger partial charge is 0.371 e. The summed E-state index contributed by atoms with van der Waals surface area (Å²) in [6, 6.07) is 8.55. The van der Waals surface area contributed by atoms with Crippen molar-refractivity contribution >= 4 is 0 Å². The molecule has 0 aromatic heterocycles. The maximum Gasteiger partial charge on any atom is 0.0724 e. The van der Waals surface area contributed by atoms with E-state index in [0.29, 0.717) is 0 Å². The Balaban J connectivity index is 1.91. The number of benzene rings is 1. The molecule has 2 heteroatoms. The molecule has 0 atom stereocenters. The number of rotatable bonds is 3. The van der Waals surface area contributed by atoms with Crippen LogP contribution in [0.5, 0.6) is 0 Å². The second-order valence-electron chi connectivity index (χ2n) is 4.98. The van der Waals surface area contributed by atoms with E-state index in [0.717, 1.165) is 32.5 Å². The number of piperidine rings is 1. The van der Waals surface area contributed by atoms with Crippen molar-refractivity contribution in [3.05, 3.63) is 35.4 Å². The van der Waals surface area contributed by atoms with Crippen LogP contribution in [0.2, 0.25) is 0 Å². The fraction of sp³-hybridized carbons (Fsp3) is 0.571. The molecular weight excluding hydrogens is 198 g/mol. The van der Waals surface area contributed by atoms with Gasteiger partial charge in [0.2, 0.25) is 0 Å². The van der Waals surface area contributed by atoms with Crippen LogP contribution in [0.3, 0.4) is 0 Å². The van der Waals surface area contributed by atoms with Gasteiger partial charge in [0.15, 0.2) is 0 Å². The Morgan fingerprint density at radius 2 is 2.06 bits per heavy atom. The lowest BCUT2D eigenvalue weighted by atomic mass is 9.94. The summed E-state index contributed by atoms with van der Waals surface area (Å²) in [5.41, 5.74) is 2.64. The van der Waals surface area contributed by atoms with Crippen LogP contribution in [0.15, 0.2) is 24.3 Å². The molecule has 0 radical (unpaired) electrons. The van der Waals surface area contributed by atoms with E-state index in [1.54, 1.807) is 0 Å². The predicted octanol–water partition coefficient (Wildman–Crippen LogP) is 2.65. The molecular formula is C14H21NO. The van der Waals surface area contributed by atoms with Crippen LogP contribution in [0.25, 0.3) is 0 Å². The molecule has 0 aliphatic carbocycles. The summed E-state index contributed by atoms with van der Waals surface area (Å²) in [7, 11) is 0. The van der Waals surface area contributed by atoms with Gasteiger partial charge >= 0.3 is 0 Å².